The van der Waals surface area contributed by atoms with Crippen LogP contribution < -0.4 is 0 Å². The molecule has 25 heavy (non-hydrogen) atoms. The molecule has 130 valence electrons. The zero-order valence-corrected chi connectivity index (χ0v) is 14.3. The van der Waals surface area contributed by atoms with Gasteiger partial charge in [0.25, 0.3) is 10.1 Å². The second-order valence-corrected chi connectivity index (χ2v) is 7.82. The highest BCUT2D eigenvalue weighted by atomic mass is 32.2. The van der Waals surface area contributed by atoms with E-state index in [1.54, 1.807) is 30.3 Å². The third-order valence-corrected chi connectivity index (χ3v) is 5.85. The van der Waals surface area contributed by atoms with Crippen LogP contribution in [0.4, 0.5) is 4.39 Å². The zero-order valence-electron chi connectivity index (χ0n) is 13.5. The van der Waals surface area contributed by atoms with Crippen molar-refractivity contribution >= 4 is 15.8 Å². The largest absolute Gasteiger partial charge is 0.297 e. The molecule has 4 rings (SSSR count). The van der Waals surface area contributed by atoms with Crippen molar-refractivity contribution in [1.29, 1.82) is 0 Å². The van der Waals surface area contributed by atoms with E-state index in [4.69, 9.17) is 4.18 Å². The number of aromatic nitrogens is 3. The number of nitrogens with zero attached hydrogens (tertiary/aromatic N) is 3. The average molecular weight is 361 g/mol. The lowest BCUT2D eigenvalue weighted by molar-refractivity contribution is 0.103. The second-order valence-electron chi connectivity index (χ2n) is 6.25. The quantitative estimate of drug-likeness (QED) is 0.668. The Morgan fingerprint density at radius 1 is 1.20 bits per heavy atom. The number of hydrogen-bond acceptors (Lipinski definition) is 5. The fraction of sp³-hybridized carbons (Fsp3) is 0.294. The number of halogens is 1. The molecule has 8 heteroatoms. The fourth-order valence-electron chi connectivity index (χ4n) is 3.02. The lowest BCUT2D eigenvalue weighted by Crippen LogP contribution is -2.33. The van der Waals surface area contributed by atoms with E-state index in [-0.39, 0.29) is 22.6 Å². The van der Waals surface area contributed by atoms with Crippen LogP contribution in [-0.2, 0) is 14.3 Å². The molecule has 6 nitrogen and oxygen atoms in total. The van der Waals surface area contributed by atoms with E-state index < -0.39 is 15.9 Å². The molecule has 0 atom stereocenters. The van der Waals surface area contributed by atoms with Gasteiger partial charge in [-0.05, 0) is 38.0 Å². The highest BCUT2D eigenvalue weighted by molar-refractivity contribution is 7.86. The lowest BCUT2D eigenvalue weighted by Gasteiger charge is -2.34. The molecule has 0 spiro atoms. The van der Waals surface area contributed by atoms with Crippen LogP contribution in [-0.4, -0.2) is 29.1 Å². The van der Waals surface area contributed by atoms with Crippen molar-refractivity contribution in [3.05, 3.63) is 59.8 Å². The SMILES string of the molecule is Cc1ccc(S(=O)(=O)OC2CC(c3ccnc4c(F)cnn34)C2)cc1. The molecule has 0 unspecified atom stereocenters. The van der Waals surface area contributed by atoms with Crippen molar-refractivity contribution in [1.82, 2.24) is 14.6 Å². The van der Waals surface area contributed by atoms with Gasteiger partial charge in [-0.1, -0.05) is 17.7 Å². The van der Waals surface area contributed by atoms with Crippen molar-refractivity contribution < 1.29 is 17.0 Å². The molecule has 1 aromatic carbocycles. The van der Waals surface area contributed by atoms with Gasteiger partial charge >= 0.3 is 0 Å². The summed E-state index contributed by atoms with van der Waals surface area (Å²) < 4.78 is 45.0. The van der Waals surface area contributed by atoms with E-state index in [0.717, 1.165) is 17.5 Å². The molecule has 1 fully saturated rings. The maximum Gasteiger partial charge on any atom is 0.297 e. The number of rotatable bonds is 4. The minimum Gasteiger partial charge on any atom is -0.263 e. The molecule has 1 aliphatic carbocycles. The summed E-state index contributed by atoms with van der Waals surface area (Å²) in [4.78, 5) is 4.12. The topological polar surface area (TPSA) is 73.6 Å². The smallest absolute Gasteiger partial charge is 0.263 e. The van der Waals surface area contributed by atoms with Crippen LogP contribution in [0, 0.1) is 12.7 Å². The van der Waals surface area contributed by atoms with Crippen LogP contribution in [0.1, 0.15) is 30.0 Å². The maximum atomic E-state index is 13.6. The van der Waals surface area contributed by atoms with Crippen molar-refractivity contribution in [3.8, 4) is 0 Å². The second kappa shape index (κ2) is 5.89. The summed E-state index contributed by atoms with van der Waals surface area (Å²) in [6.07, 6.45) is 3.34. The van der Waals surface area contributed by atoms with Gasteiger partial charge in [0.15, 0.2) is 11.5 Å². The van der Waals surface area contributed by atoms with E-state index >= 15 is 0 Å². The first-order valence-corrected chi connectivity index (χ1v) is 9.33. The van der Waals surface area contributed by atoms with Gasteiger partial charge in [0, 0.05) is 17.8 Å². The van der Waals surface area contributed by atoms with Crippen LogP contribution in [0.25, 0.3) is 5.65 Å². The summed E-state index contributed by atoms with van der Waals surface area (Å²) in [6, 6.07) is 8.33. The molecule has 2 aromatic heterocycles. The number of hydrogen-bond donors (Lipinski definition) is 0. The first-order valence-electron chi connectivity index (χ1n) is 7.92. The predicted molar refractivity (Wildman–Crippen MR) is 88.2 cm³/mol. The molecular formula is C17H16FN3O3S. The van der Waals surface area contributed by atoms with Gasteiger partial charge in [-0.3, -0.25) is 4.18 Å². The van der Waals surface area contributed by atoms with E-state index in [2.05, 4.69) is 10.1 Å². The Bertz CT molecular complexity index is 1020. The molecule has 0 bridgehead atoms. The van der Waals surface area contributed by atoms with Gasteiger partial charge < -0.3 is 0 Å². The highest BCUT2D eigenvalue weighted by Crippen LogP contribution is 2.40. The molecule has 1 saturated carbocycles. The zero-order chi connectivity index (χ0) is 17.6. The summed E-state index contributed by atoms with van der Waals surface area (Å²) in [6.45, 7) is 1.89. The Hall–Kier alpha value is -2.32. The number of benzene rings is 1. The van der Waals surface area contributed by atoms with E-state index in [1.165, 1.54) is 10.7 Å². The van der Waals surface area contributed by atoms with Crippen LogP contribution in [0.5, 0.6) is 0 Å². The summed E-state index contributed by atoms with van der Waals surface area (Å²) >= 11 is 0. The molecular weight excluding hydrogens is 345 g/mol. The van der Waals surface area contributed by atoms with Gasteiger partial charge in [0.2, 0.25) is 0 Å². The molecule has 3 aromatic rings. The predicted octanol–water partition coefficient (Wildman–Crippen LogP) is 2.83. The van der Waals surface area contributed by atoms with Crippen molar-refractivity contribution in [2.24, 2.45) is 0 Å². The monoisotopic (exact) mass is 361 g/mol. The maximum absolute atomic E-state index is 13.6. The Labute approximate surface area is 144 Å². The van der Waals surface area contributed by atoms with Crippen molar-refractivity contribution in [2.45, 2.75) is 36.7 Å². The van der Waals surface area contributed by atoms with Gasteiger partial charge in [-0.2, -0.15) is 13.5 Å². The molecule has 0 amide bonds. The molecule has 0 N–H and O–H groups in total. The van der Waals surface area contributed by atoms with Gasteiger partial charge in [0.1, 0.15) is 0 Å². The molecule has 1 aliphatic rings. The average Bonchev–Trinajstić information content (AvgIpc) is 2.93. The summed E-state index contributed by atoms with van der Waals surface area (Å²) in [5.41, 5.74) is 1.96. The summed E-state index contributed by atoms with van der Waals surface area (Å²) in [5.74, 6) is -0.418. The fourth-order valence-corrected chi connectivity index (χ4v) is 4.11. The first-order chi connectivity index (χ1) is 11.9. The minimum absolute atomic E-state index is 0.0583. The van der Waals surface area contributed by atoms with E-state index in [1.807, 2.05) is 6.92 Å². The Balaban J connectivity index is 1.47. The van der Waals surface area contributed by atoms with Crippen molar-refractivity contribution in [3.63, 3.8) is 0 Å². The third kappa shape index (κ3) is 2.91. The third-order valence-electron chi connectivity index (χ3n) is 4.47. The Morgan fingerprint density at radius 2 is 1.92 bits per heavy atom. The minimum atomic E-state index is -3.78. The van der Waals surface area contributed by atoms with E-state index in [9.17, 15) is 12.8 Å². The van der Waals surface area contributed by atoms with E-state index in [0.29, 0.717) is 12.8 Å². The van der Waals surface area contributed by atoms with Gasteiger partial charge in [-0.15, -0.1) is 0 Å². The number of aryl methyl sites for hydroxylation is 1. The standard InChI is InChI=1S/C17H16FN3O3S/c1-11-2-4-14(5-3-11)25(22,23)24-13-8-12(9-13)16-6-7-19-17-15(18)10-20-21(16)17/h2-7,10,12-13H,8-9H2,1H3. The molecule has 0 saturated heterocycles. The molecule has 2 heterocycles. The van der Waals surface area contributed by atoms with Crippen LogP contribution in [0.3, 0.4) is 0 Å². The lowest BCUT2D eigenvalue weighted by atomic mass is 9.80. The van der Waals surface area contributed by atoms with Crippen molar-refractivity contribution in [2.75, 3.05) is 0 Å². The first kappa shape index (κ1) is 16.2. The van der Waals surface area contributed by atoms with Crippen LogP contribution in [0.2, 0.25) is 0 Å². The van der Waals surface area contributed by atoms with Crippen LogP contribution >= 0.6 is 0 Å². The van der Waals surface area contributed by atoms with Gasteiger partial charge in [-0.25, -0.2) is 13.9 Å². The number of fused-ring (bicyclic) bond motifs is 1. The highest BCUT2D eigenvalue weighted by Gasteiger charge is 2.36. The normalized spacial score (nSPS) is 20.6. The Morgan fingerprint density at radius 3 is 2.64 bits per heavy atom. The molecule has 0 radical (unpaired) electrons. The molecule has 0 aliphatic heterocycles. The summed E-state index contributed by atoms with van der Waals surface area (Å²) in [5, 5.41) is 4.00. The van der Waals surface area contributed by atoms with Crippen LogP contribution in [0.15, 0.2) is 47.6 Å². The van der Waals surface area contributed by atoms with Gasteiger partial charge in [0.05, 0.1) is 17.2 Å². The summed E-state index contributed by atoms with van der Waals surface area (Å²) in [7, 11) is -3.78. The Kier molecular flexibility index (Phi) is 3.81.